The zero-order valence-electron chi connectivity index (χ0n) is 18.6. The number of hydrogen-bond acceptors (Lipinski definition) is 7. The van der Waals surface area contributed by atoms with Crippen LogP contribution in [-0.4, -0.2) is 79.9 Å². The van der Waals surface area contributed by atoms with Crippen molar-refractivity contribution in [2.75, 3.05) is 44.7 Å². The minimum absolute atomic E-state index is 0.0996. The third-order valence-corrected chi connectivity index (χ3v) is 10.0. The minimum Gasteiger partial charge on any atom is -0.347 e. The fraction of sp³-hybridized carbons (Fsp3) is 0.636. The second-order valence-corrected chi connectivity index (χ2v) is 12.3. The number of hydrogen-bond donors (Lipinski definition) is 1. The van der Waals surface area contributed by atoms with Crippen LogP contribution in [0.3, 0.4) is 0 Å². The van der Waals surface area contributed by atoms with Crippen molar-refractivity contribution >= 4 is 39.3 Å². The van der Waals surface area contributed by atoms with E-state index in [0.717, 1.165) is 4.90 Å². The van der Waals surface area contributed by atoms with E-state index in [4.69, 9.17) is 9.47 Å². The Morgan fingerprint density at radius 1 is 1.12 bits per heavy atom. The Morgan fingerprint density at radius 2 is 1.79 bits per heavy atom. The first-order valence-electron chi connectivity index (χ1n) is 11.5. The monoisotopic (exact) mass is 495 g/mol. The van der Waals surface area contributed by atoms with Gasteiger partial charge in [0.25, 0.3) is 0 Å². The number of amides is 2. The molecule has 0 aliphatic carbocycles. The van der Waals surface area contributed by atoms with Gasteiger partial charge in [0.05, 0.1) is 29.0 Å². The highest BCUT2D eigenvalue weighted by atomic mass is 32.2. The number of benzene rings is 1. The molecular weight excluding hydrogens is 466 g/mol. The zero-order valence-corrected chi connectivity index (χ0v) is 20.3. The van der Waals surface area contributed by atoms with Crippen molar-refractivity contribution in [1.82, 2.24) is 9.21 Å². The summed E-state index contributed by atoms with van der Waals surface area (Å²) in [5.74, 6) is -0.714. The number of thioether (sulfide) groups is 1. The molecule has 4 aliphatic heterocycles. The highest BCUT2D eigenvalue weighted by Gasteiger charge is 2.42. The molecule has 11 heteroatoms. The molecule has 0 saturated carbocycles. The average molecular weight is 496 g/mol. The average Bonchev–Trinajstić information content (AvgIpc) is 3.27. The SMILES string of the molecule is C[C@H]1Sc2ccc(S(=O)(=O)N3CCC(C(=O)N4CCC5(CC4)OCCO5)CC3)cc2NC1=O. The summed E-state index contributed by atoms with van der Waals surface area (Å²) in [6.45, 7) is 4.85. The number of carbonyl (C=O) groups is 2. The van der Waals surface area contributed by atoms with Gasteiger partial charge in [0, 0.05) is 49.8 Å². The van der Waals surface area contributed by atoms with E-state index in [2.05, 4.69) is 5.32 Å². The first-order valence-corrected chi connectivity index (χ1v) is 13.8. The second kappa shape index (κ2) is 8.84. The Labute approximate surface area is 198 Å². The molecule has 0 aromatic heterocycles. The molecule has 1 spiro atoms. The minimum atomic E-state index is -3.70. The largest absolute Gasteiger partial charge is 0.347 e. The van der Waals surface area contributed by atoms with Crippen LogP contribution >= 0.6 is 11.8 Å². The Bertz CT molecular complexity index is 1040. The van der Waals surface area contributed by atoms with Crippen LogP contribution in [0.5, 0.6) is 0 Å². The molecule has 1 N–H and O–H groups in total. The van der Waals surface area contributed by atoms with Crippen LogP contribution in [0, 0.1) is 5.92 Å². The van der Waals surface area contributed by atoms with Crippen LogP contribution in [0.1, 0.15) is 32.6 Å². The predicted molar refractivity (Wildman–Crippen MR) is 122 cm³/mol. The quantitative estimate of drug-likeness (QED) is 0.683. The maximum absolute atomic E-state index is 13.2. The molecular formula is C22H29N3O6S2. The van der Waals surface area contributed by atoms with Crippen LogP contribution in [0.25, 0.3) is 0 Å². The summed E-state index contributed by atoms with van der Waals surface area (Å²) in [7, 11) is -3.70. The van der Waals surface area contributed by atoms with Gasteiger partial charge < -0.3 is 19.7 Å². The number of carbonyl (C=O) groups excluding carboxylic acids is 2. The summed E-state index contributed by atoms with van der Waals surface area (Å²) in [5.41, 5.74) is 0.535. The van der Waals surface area contributed by atoms with Gasteiger partial charge in [-0.25, -0.2) is 8.42 Å². The van der Waals surface area contributed by atoms with Crippen LogP contribution in [0.4, 0.5) is 5.69 Å². The molecule has 33 heavy (non-hydrogen) atoms. The Morgan fingerprint density at radius 3 is 2.45 bits per heavy atom. The molecule has 0 unspecified atom stereocenters. The summed E-state index contributed by atoms with van der Waals surface area (Å²) in [5, 5.41) is 2.58. The number of anilines is 1. The van der Waals surface area contributed by atoms with Crippen molar-refractivity contribution in [3.8, 4) is 0 Å². The molecule has 180 valence electrons. The van der Waals surface area contributed by atoms with E-state index < -0.39 is 15.8 Å². The number of nitrogens with one attached hydrogen (secondary N) is 1. The number of sulfonamides is 1. The van der Waals surface area contributed by atoms with Crippen LogP contribution in [0.2, 0.25) is 0 Å². The summed E-state index contributed by atoms with van der Waals surface area (Å²) in [6.07, 6.45) is 2.36. The first kappa shape index (κ1) is 23.1. The number of piperidine rings is 2. The summed E-state index contributed by atoms with van der Waals surface area (Å²) in [6, 6.07) is 4.88. The number of ether oxygens (including phenoxy) is 2. The summed E-state index contributed by atoms with van der Waals surface area (Å²) < 4.78 is 39.4. The van der Waals surface area contributed by atoms with E-state index >= 15 is 0 Å². The molecule has 3 saturated heterocycles. The zero-order chi connectivity index (χ0) is 23.2. The van der Waals surface area contributed by atoms with E-state index in [1.165, 1.54) is 22.1 Å². The fourth-order valence-electron chi connectivity index (χ4n) is 4.95. The molecule has 1 aromatic carbocycles. The van der Waals surface area contributed by atoms with Gasteiger partial charge in [-0.1, -0.05) is 0 Å². The highest BCUT2D eigenvalue weighted by Crippen LogP contribution is 2.38. The molecule has 2 amide bonds. The van der Waals surface area contributed by atoms with Crippen LogP contribution in [0.15, 0.2) is 28.0 Å². The first-order chi connectivity index (χ1) is 15.8. The lowest BCUT2D eigenvalue weighted by Crippen LogP contribution is -2.50. The van der Waals surface area contributed by atoms with Crippen LogP contribution < -0.4 is 5.32 Å². The number of rotatable bonds is 3. The number of nitrogens with zero attached hydrogens (tertiary/aromatic N) is 2. The smallest absolute Gasteiger partial charge is 0.243 e. The lowest BCUT2D eigenvalue weighted by molar-refractivity contribution is -0.188. The van der Waals surface area contributed by atoms with Crippen molar-refractivity contribution in [2.24, 2.45) is 5.92 Å². The van der Waals surface area contributed by atoms with Crippen molar-refractivity contribution in [3.63, 3.8) is 0 Å². The topological polar surface area (TPSA) is 105 Å². The standard InChI is InChI=1S/C22H29N3O6S2/c1-15-20(26)23-18-14-17(2-3-19(18)32-15)33(28,29)25-8-4-16(5-9-25)21(27)24-10-6-22(7-11-24)30-12-13-31-22/h2-3,14-16H,4-13H2,1H3,(H,23,26)/t15-/m1/s1. The lowest BCUT2D eigenvalue weighted by atomic mass is 9.94. The van der Waals surface area contributed by atoms with E-state index in [1.807, 2.05) is 11.8 Å². The molecule has 4 heterocycles. The van der Waals surface area contributed by atoms with E-state index in [9.17, 15) is 18.0 Å². The Balaban J connectivity index is 1.20. The maximum Gasteiger partial charge on any atom is 0.243 e. The van der Waals surface area contributed by atoms with E-state index in [-0.39, 0.29) is 27.9 Å². The highest BCUT2D eigenvalue weighted by molar-refractivity contribution is 8.01. The van der Waals surface area contributed by atoms with E-state index in [1.54, 1.807) is 12.1 Å². The molecule has 1 atom stereocenters. The van der Waals surface area contributed by atoms with Gasteiger partial charge in [-0.15, -0.1) is 11.8 Å². The van der Waals surface area contributed by atoms with Crippen molar-refractivity contribution in [3.05, 3.63) is 18.2 Å². The van der Waals surface area contributed by atoms with Gasteiger partial charge >= 0.3 is 0 Å². The fourth-order valence-corrected chi connectivity index (χ4v) is 7.38. The normalized spacial score (nSPS) is 26.3. The molecule has 4 aliphatic rings. The molecule has 9 nitrogen and oxygen atoms in total. The van der Waals surface area contributed by atoms with Gasteiger partial charge in [0.1, 0.15) is 0 Å². The maximum atomic E-state index is 13.2. The van der Waals surface area contributed by atoms with Crippen molar-refractivity contribution < 1.29 is 27.5 Å². The molecule has 3 fully saturated rings. The van der Waals surface area contributed by atoms with Gasteiger partial charge in [-0.05, 0) is 38.0 Å². The molecule has 0 radical (unpaired) electrons. The van der Waals surface area contributed by atoms with Gasteiger partial charge in [-0.3, -0.25) is 9.59 Å². The van der Waals surface area contributed by atoms with Crippen molar-refractivity contribution in [1.29, 1.82) is 0 Å². The Kier molecular flexibility index (Phi) is 6.19. The number of likely N-dealkylation sites (tertiary alicyclic amines) is 1. The van der Waals surface area contributed by atoms with Gasteiger partial charge in [0.15, 0.2) is 5.79 Å². The molecule has 0 bridgehead atoms. The van der Waals surface area contributed by atoms with E-state index in [0.29, 0.717) is 70.8 Å². The van der Waals surface area contributed by atoms with Gasteiger partial charge in [0.2, 0.25) is 21.8 Å². The Hall–Kier alpha value is -1.66. The lowest BCUT2D eigenvalue weighted by Gasteiger charge is -2.40. The molecule has 5 rings (SSSR count). The predicted octanol–water partition coefficient (Wildman–Crippen LogP) is 1.89. The third-order valence-electron chi connectivity index (χ3n) is 6.97. The number of fused-ring (bicyclic) bond motifs is 1. The van der Waals surface area contributed by atoms with Crippen LogP contribution in [-0.2, 0) is 29.1 Å². The van der Waals surface area contributed by atoms with Crippen molar-refractivity contribution in [2.45, 2.75) is 53.4 Å². The third kappa shape index (κ3) is 4.41. The molecule has 1 aromatic rings. The summed E-state index contributed by atoms with van der Waals surface area (Å²) >= 11 is 1.42. The van der Waals surface area contributed by atoms with Gasteiger partial charge in [-0.2, -0.15) is 4.31 Å². The second-order valence-electron chi connectivity index (χ2n) is 9.02. The summed E-state index contributed by atoms with van der Waals surface area (Å²) in [4.78, 5) is 27.9.